The molecule has 1 heterocycles. The number of nitrogens with zero attached hydrogens (tertiary/aromatic N) is 3. The molecule has 0 aliphatic carbocycles. The van der Waals surface area contributed by atoms with Crippen LogP contribution in [0, 0.1) is 6.92 Å². The quantitative estimate of drug-likeness (QED) is 0.627. The molecule has 0 aliphatic heterocycles. The largest absolute Gasteiger partial charge is 0.381 e. The van der Waals surface area contributed by atoms with Crippen LogP contribution < -0.4 is 0 Å². The highest BCUT2D eigenvalue weighted by Gasteiger charge is 1.96. The molecule has 0 fully saturated rings. The number of carbonyl (C=O) groups is 1. The molecular formula is C11H19N3O2. The van der Waals surface area contributed by atoms with Crippen LogP contribution in [0.4, 0.5) is 0 Å². The minimum absolute atomic E-state index is 0.179. The Hall–Kier alpha value is -1.23. The summed E-state index contributed by atoms with van der Waals surface area (Å²) < 4.78 is 7.16. The molecule has 0 radical (unpaired) electrons. The average molecular weight is 225 g/mol. The molecule has 5 heteroatoms. The molecule has 0 aliphatic rings. The summed E-state index contributed by atoms with van der Waals surface area (Å²) >= 11 is 0. The second kappa shape index (κ2) is 7.11. The molecule has 0 unspecified atom stereocenters. The highest BCUT2D eigenvalue weighted by atomic mass is 16.5. The van der Waals surface area contributed by atoms with E-state index in [1.165, 1.54) is 0 Å². The van der Waals surface area contributed by atoms with Gasteiger partial charge in [-0.2, -0.15) is 0 Å². The standard InChI is InChI=1S/C11H19N3O2/c1-10-9-14(13-12-10)6-3-4-7-16-8-5-11(2)15/h9H,3-8H2,1-2H3. The van der Waals surface area contributed by atoms with Gasteiger partial charge in [0, 0.05) is 25.8 Å². The fraction of sp³-hybridized carbons (Fsp3) is 0.727. The van der Waals surface area contributed by atoms with Gasteiger partial charge in [0.1, 0.15) is 5.78 Å². The zero-order chi connectivity index (χ0) is 11.8. The number of aryl methyl sites for hydroxylation is 2. The van der Waals surface area contributed by atoms with Crippen LogP contribution in [0.2, 0.25) is 0 Å². The van der Waals surface area contributed by atoms with E-state index in [-0.39, 0.29) is 5.78 Å². The van der Waals surface area contributed by atoms with Gasteiger partial charge >= 0.3 is 0 Å². The maximum absolute atomic E-state index is 10.6. The molecular weight excluding hydrogens is 206 g/mol. The lowest BCUT2D eigenvalue weighted by molar-refractivity contribution is -0.118. The normalized spacial score (nSPS) is 10.6. The van der Waals surface area contributed by atoms with Gasteiger partial charge < -0.3 is 4.74 Å². The van der Waals surface area contributed by atoms with Crippen molar-refractivity contribution in [3.63, 3.8) is 0 Å². The highest BCUT2D eigenvalue weighted by molar-refractivity contribution is 5.75. The third-order valence-electron chi connectivity index (χ3n) is 2.18. The third kappa shape index (κ3) is 5.60. The van der Waals surface area contributed by atoms with E-state index < -0.39 is 0 Å². The first-order chi connectivity index (χ1) is 7.68. The Labute approximate surface area is 95.8 Å². The van der Waals surface area contributed by atoms with Crippen molar-refractivity contribution >= 4 is 5.78 Å². The van der Waals surface area contributed by atoms with E-state index in [4.69, 9.17) is 4.74 Å². The Balaban J connectivity index is 1.94. The van der Waals surface area contributed by atoms with E-state index >= 15 is 0 Å². The van der Waals surface area contributed by atoms with E-state index in [1.54, 1.807) is 6.92 Å². The molecule has 1 aromatic heterocycles. The lowest BCUT2D eigenvalue weighted by Gasteiger charge is -2.02. The molecule has 1 rings (SSSR count). The number of hydrogen-bond donors (Lipinski definition) is 0. The summed E-state index contributed by atoms with van der Waals surface area (Å²) in [6.07, 6.45) is 4.44. The monoisotopic (exact) mass is 225 g/mol. The van der Waals surface area contributed by atoms with Crippen molar-refractivity contribution < 1.29 is 9.53 Å². The summed E-state index contributed by atoms with van der Waals surface area (Å²) in [4.78, 5) is 10.6. The van der Waals surface area contributed by atoms with Crippen LogP contribution in [-0.2, 0) is 16.1 Å². The summed E-state index contributed by atoms with van der Waals surface area (Å²) in [5.41, 5.74) is 0.942. The molecule has 0 N–H and O–H groups in total. The zero-order valence-corrected chi connectivity index (χ0v) is 9.98. The van der Waals surface area contributed by atoms with Crippen molar-refractivity contribution in [1.82, 2.24) is 15.0 Å². The fourth-order valence-electron chi connectivity index (χ4n) is 1.30. The van der Waals surface area contributed by atoms with Crippen LogP contribution in [0.25, 0.3) is 0 Å². The first-order valence-electron chi connectivity index (χ1n) is 5.62. The molecule has 5 nitrogen and oxygen atoms in total. The molecule has 16 heavy (non-hydrogen) atoms. The Morgan fingerprint density at radius 3 is 2.88 bits per heavy atom. The lowest BCUT2D eigenvalue weighted by atomic mass is 10.3. The topological polar surface area (TPSA) is 57.0 Å². The maximum Gasteiger partial charge on any atom is 0.132 e. The number of rotatable bonds is 8. The summed E-state index contributed by atoms with van der Waals surface area (Å²) in [5, 5.41) is 7.86. The van der Waals surface area contributed by atoms with Gasteiger partial charge in [0.15, 0.2) is 0 Å². The summed E-state index contributed by atoms with van der Waals surface area (Å²) in [6.45, 7) is 5.63. The second-order valence-electron chi connectivity index (χ2n) is 3.89. The number of carbonyl (C=O) groups excluding carboxylic acids is 1. The van der Waals surface area contributed by atoms with Gasteiger partial charge in [-0.3, -0.25) is 9.48 Å². The molecule has 0 bridgehead atoms. The van der Waals surface area contributed by atoms with Crippen molar-refractivity contribution in [2.45, 2.75) is 39.7 Å². The smallest absolute Gasteiger partial charge is 0.132 e. The predicted octanol–water partition coefficient (Wildman–Crippen LogP) is 1.36. The van der Waals surface area contributed by atoms with Crippen molar-refractivity contribution in [3.05, 3.63) is 11.9 Å². The SMILES string of the molecule is CC(=O)CCOCCCCn1cc(C)nn1. The Morgan fingerprint density at radius 2 is 2.25 bits per heavy atom. The molecule has 0 aromatic carbocycles. The Kier molecular flexibility index (Phi) is 5.71. The summed E-state index contributed by atoms with van der Waals surface area (Å²) in [7, 11) is 0. The average Bonchev–Trinajstić information content (AvgIpc) is 2.62. The number of ether oxygens (including phenoxy) is 1. The van der Waals surface area contributed by atoms with Crippen LogP contribution in [0.1, 0.15) is 31.9 Å². The van der Waals surface area contributed by atoms with Crippen molar-refractivity contribution in [1.29, 1.82) is 0 Å². The minimum Gasteiger partial charge on any atom is -0.381 e. The number of unbranched alkanes of at least 4 members (excludes halogenated alkanes) is 1. The van der Waals surface area contributed by atoms with Gasteiger partial charge in [-0.15, -0.1) is 5.10 Å². The van der Waals surface area contributed by atoms with Crippen molar-refractivity contribution in [2.24, 2.45) is 0 Å². The molecule has 0 saturated heterocycles. The molecule has 0 spiro atoms. The van der Waals surface area contributed by atoms with Crippen molar-refractivity contribution in [3.8, 4) is 0 Å². The highest BCUT2D eigenvalue weighted by Crippen LogP contribution is 1.97. The van der Waals surface area contributed by atoms with Crippen LogP contribution in [0.5, 0.6) is 0 Å². The van der Waals surface area contributed by atoms with Crippen LogP contribution >= 0.6 is 0 Å². The predicted molar refractivity (Wildman–Crippen MR) is 60.1 cm³/mol. The molecule has 90 valence electrons. The third-order valence-corrected chi connectivity index (χ3v) is 2.18. The van der Waals surface area contributed by atoms with Gasteiger partial charge in [0.25, 0.3) is 0 Å². The van der Waals surface area contributed by atoms with E-state index in [1.807, 2.05) is 17.8 Å². The van der Waals surface area contributed by atoms with Crippen LogP contribution in [0.3, 0.4) is 0 Å². The number of aromatic nitrogens is 3. The fourth-order valence-corrected chi connectivity index (χ4v) is 1.30. The summed E-state index contributed by atoms with van der Waals surface area (Å²) in [6, 6.07) is 0. The molecule has 0 atom stereocenters. The molecule has 0 saturated carbocycles. The molecule has 0 amide bonds. The van der Waals surface area contributed by atoms with Gasteiger partial charge in [0.05, 0.1) is 12.3 Å². The van der Waals surface area contributed by atoms with Crippen molar-refractivity contribution in [2.75, 3.05) is 13.2 Å². The van der Waals surface area contributed by atoms with Crippen LogP contribution in [-0.4, -0.2) is 34.0 Å². The maximum atomic E-state index is 10.6. The Bertz CT molecular complexity index is 323. The minimum atomic E-state index is 0.179. The van der Waals surface area contributed by atoms with E-state index in [9.17, 15) is 4.79 Å². The van der Waals surface area contributed by atoms with Gasteiger partial charge in [0.2, 0.25) is 0 Å². The second-order valence-corrected chi connectivity index (χ2v) is 3.89. The summed E-state index contributed by atoms with van der Waals surface area (Å²) in [5.74, 6) is 0.179. The van der Waals surface area contributed by atoms with E-state index in [2.05, 4.69) is 10.3 Å². The zero-order valence-electron chi connectivity index (χ0n) is 9.98. The van der Waals surface area contributed by atoms with Gasteiger partial charge in [-0.1, -0.05) is 5.21 Å². The van der Waals surface area contributed by atoms with Crippen LogP contribution in [0.15, 0.2) is 6.20 Å². The number of hydrogen-bond acceptors (Lipinski definition) is 4. The van der Waals surface area contributed by atoms with Gasteiger partial charge in [-0.25, -0.2) is 0 Å². The van der Waals surface area contributed by atoms with E-state index in [0.29, 0.717) is 19.6 Å². The van der Waals surface area contributed by atoms with E-state index in [0.717, 1.165) is 25.1 Å². The number of Topliss-reactive ketones (excluding diaryl/α,β-unsaturated/α-hetero) is 1. The first-order valence-corrected chi connectivity index (χ1v) is 5.62. The lowest BCUT2D eigenvalue weighted by Crippen LogP contribution is -2.04. The van der Waals surface area contributed by atoms with Gasteiger partial charge in [-0.05, 0) is 26.7 Å². The Morgan fingerprint density at radius 1 is 1.44 bits per heavy atom. The molecule has 1 aromatic rings. The first kappa shape index (κ1) is 12.8. The number of ketones is 1.